The smallest absolute Gasteiger partial charge is 0.331 e. The first-order valence-corrected chi connectivity index (χ1v) is 8.37. The van der Waals surface area contributed by atoms with Gasteiger partial charge >= 0.3 is 5.97 Å². The second-order valence-corrected chi connectivity index (χ2v) is 5.98. The quantitative estimate of drug-likeness (QED) is 0.467. The van der Waals surface area contributed by atoms with E-state index in [0.717, 1.165) is 5.56 Å². The number of hydrogen-bond acceptors (Lipinski definition) is 7. The molecule has 0 atom stereocenters. The summed E-state index contributed by atoms with van der Waals surface area (Å²) in [6.45, 7) is -0.349. The molecule has 0 fully saturated rings. The molecule has 0 saturated carbocycles. The highest BCUT2D eigenvalue weighted by atomic mass is 32.1. The normalized spacial score (nSPS) is 12.0. The molecular weight excluding hydrogens is 360 g/mol. The number of thiophene rings is 1. The van der Waals surface area contributed by atoms with Gasteiger partial charge in [-0.1, -0.05) is 12.1 Å². The lowest BCUT2D eigenvalue weighted by Crippen LogP contribution is -2.43. The number of benzene rings is 1. The third-order valence-corrected chi connectivity index (χ3v) is 4.08. The van der Waals surface area contributed by atoms with Crippen molar-refractivity contribution in [3.63, 3.8) is 0 Å². The molecule has 0 bridgehead atoms. The Bertz CT molecular complexity index is 847. The highest BCUT2D eigenvalue weighted by molar-refractivity contribution is 7.12. The van der Waals surface area contributed by atoms with Gasteiger partial charge in [-0.25, -0.2) is 4.79 Å². The van der Waals surface area contributed by atoms with Crippen LogP contribution in [0.5, 0.6) is 11.5 Å². The van der Waals surface area contributed by atoms with Crippen molar-refractivity contribution in [2.45, 2.75) is 0 Å². The van der Waals surface area contributed by atoms with Crippen molar-refractivity contribution in [2.75, 3.05) is 13.4 Å². The van der Waals surface area contributed by atoms with E-state index in [4.69, 9.17) is 14.2 Å². The molecule has 3 rings (SSSR count). The minimum atomic E-state index is -0.692. The van der Waals surface area contributed by atoms with E-state index in [1.54, 1.807) is 35.7 Å². The van der Waals surface area contributed by atoms with Gasteiger partial charge in [0.2, 0.25) is 6.79 Å². The predicted molar refractivity (Wildman–Crippen MR) is 92.5 cm³/mol. The number of carbonyl (C=O) groups excluding carboxylic acids is 3. The standard InChI is InChI=1S/C17H14N2O6S/c20-15(18-19-17(22)14-2-1-7-26-14)9-23-16(21)6-4-11-3-5-12-13(8-11)25-10-24-12/h1-8H,9-10H2,(H,18,20)(H,19,22). The van der Waals surface area contributed by atoms with E-state index in [9.17, 15) is 14.4 Å². The van der Waals surface area contributed by atoms with E-state index >= 15 is 0 Å². The van der Waals surface area contributed by atoms with Gasteiger partial charge in [0.1, 0.15) is 0 Å². The van der Waals surface area contributed by atoms with Crippen LogP contribution in [0.15, 0.2) is 41.8 Å². The molecular formula is C17H14N2O6S. The molecule has 1 aromatic heterocycles. The lowest BCUT2D eigenvalue weighted by molar-refractivity contribution is -0.144. The van der Waals surface area contributed by atoms with Crippen LogP contribution in [0.4, 0.5) is 0 Å². The monoisotopic (exact) mass is 374 g/mol. The fourth-order valence-electron chi connectivity index (χ4n) is 2.00. The summed E-state index contributed by atoms with van der Waals surface area (Å²) < 4.78 is 15.2. The lowest BCUT2D eigenvalue weighted by Gasteiger charge is -2.06. The van der Waals surface area contributed by atoms with E-state index in [0.29, 0.717) is 16.4 Å². The summed E-state index contributed by atoms with van der Waals surface area (Å²) in [5, 5.41) is 1.74. The number of amides is 2. The summed E-state index contributed by atoms with van der Waals surface area (Å²) in [5.41, 5.74) is 5.11. The summed E-state index contributed by atoms with van der Waals surface area (Å²) in [6, 6.07) is 8.54. The first-order valence-electron chi connectivity index (χ1n) is 7.49. The number of hydrazine groups is 1. The van der Waals surface area contributed by atoms with Gasteiger partial charge in [0.15, 0.2) is 18.1 Å². The summed E-state index contributed by atoms with van der Waals surface area (Å²) in [6.07, 6.45) is 2.72. The molecule has 26 heavy (non-hydrogen) atoms. The summed E-state index contributed by atoms with van der Waals surface area (Å²) in [4.78, 5) is 35.3. The Balaban J connectivity index is 1.40. The van der Waals surface area contributed by atoms with E-state index in [1.165, 1.54) is 23.5 Å². The van der Waals surface area contributed by atoms with Gasteiger partial charge in [-0.3, -0.25) is 20.4 Å². The SMILES string of the molecule is O=C(COC(=O)C=Cc1ccc2c(c1)OCO2)NNC(=O)c1cccs1. The molecule has 1 aliphatic heterocycles. The van der Waals surface area contributed by atoms with Crippen LogP contribution in [0, 0.1) is 0 Å². The number of carbonyl (C=O) groups is 3. The molecule has 0 spiro atoms. The number of nitrogens with one attached hydrogen (secondary N) is 2. The van der Waals surface area contributed by atoms with Crippen LogP contribution in [0.1, 0.15) is 15.2 Å². The van der Waals surface area contributed by atoms with E-state index < -0.39 is 24.4 Å². The highest BCUT2D eigenvalue weighted by Crippen LogP contribution is 2.32. The Kier molecular flexibility index (Phi) is 5.49. The van der Waals surface area contributed by atoms with Crippen LogP contribution in [-0.4, -0.2) is 31.2 Å². The molecule has 8 nitrogen and oxygen atoms in total. The molecule has 1 aromatic carbocycles. The Morgan fingerprint density at radius 1 is 1.15 bits per heavy atom. The zero-order chi connectivity index (χ0) is 18.4. The Hall–Kier alpha value is -3.33. The highest BCUT2D eigenvalue weighted by Gasteiger charge is 2.12. The Morgan fingerprint density at radius 3 is 2.81 bits per heavy atom. The summed E-state index contributed by atoms with van der Waals surface area (Å²) in [5.74, 6) is -0.545. The molecule has 0 aliphatic carbocycles. The molecule has 9 heteroatoms. The molecule has 2 N–H and O–H groups in total. The van der Waals surface area contributed by atoms with Crippen molar-refractivity contribution in [2.24, 2.45) is 0 Å². The topological polar surface area (TPSA) is 103 Å². The minimum absolute atomic E-state index is 0.169. The van der Waals surface area contributed by atoms with Gasteiger partial charge < -0.3 is 14.2 Å². The second kappa shape index (κ2) is 8.17. The zero-order valence-corrected chi connectivity index (χ0v) is 14.2. The first-order chi connectivity index (χ1) is 12.6. The molecule has 0 saturated heterocycles. The first kappa shape index (κ1) is 17.5. The van der Waals surface area contributed by atoms with Crippen LogP contribution in [0.25, 0.3) is 6.08 Å². The summed E-state index contributed by atoms with van der Waals surface area (Å²) >= 11 is 1.24. The van der Waals surface area contributed by atoms with E-state index in [2.05, 4.69) is 10.9 Å². The molecule has 0 radical (unpaired) electrons. The molecule has 2 aromatic rings. The van der Waals surface area contributed by atoms with Crippen molar-refractivity contribution < 1.29 is 28.6 Å². The zero-order valence-electron chi connectivity index (χ0n) is 13.4. The van der Waals surface area contributed by atoms with Gasteiger partial charge in [-0.05, 0) is 35.2 Å². The minimum Gasteiger partial charge on any atom is -0.454 e. The van der Waals surface area contributed by atoms with Gasteiger partial charge in [0.25, 0.3) is 11.8 Å². The van der Waals surface area contributed by atoms with Crippen molar-refractivity contribution >= 4 is 35.2 Å². The van der Waals surface area contributed by atoms with Gasteiger partial charge in [0, 0.05) is 6.08 Å². The van der Waals surface area contributed by atoms with Crippen LogP contribution in [0.2, 0.25) is 0 Å². The van der Waals surface area contributed by atoms with E-state index in [-0.39, 0.29) is 6.79 Å². The van der Waals surface area contributed by atoms with Crippen molar-refractivity contribution in [3.8, 4) is 11.5 Å². The second-order valence-electron chi connectivity index (χ2n) is 5.03. The average Bonchev–Trinajstić information content (AvgIpc) is 3.33. The van der Waals surface area contributed by atoms with Crippen molar-refractivity contribution in [3.05, 3.63) is 52.2 Å². The maximum absolute atomic E-state index is 11.6. The fourth-order valence-corrected chi connectivity index (χ4v) is 2.62. The summed E-state index contributed by atoms with van der Waals surface area (Å²) in [7, 11) is 0. The Morgan fingerprint density at radius 2 is 2.00 bits per heavy atom. The largest absolute Gasteiger partial charge is 0.454 e. The van der Waals surface area contributed by atoms with Crippen molar-refractivity contribution in [1.29, 1.82) is 0 Å². The Labute approximate surface area is 152 Å². The number of rotatable bonds is 5. The number of ether oxygens (including phenoxy) is 3. The fraction of sp³-hybridized carbons (Fsp3) is 0.118. The van der Waals surface area contributed by atoms with Gasteiger partial charge in [0.05, 0.1) is 4.88 Å². The maximum Gasteiger partial charge on any atom is 0.331 e. The van der Waals surface area contributed by atoms with E-state index in [1.807, 2.05) is 0 Å². The lowest BCUT2D eigenvalue weighted by atomic mass is 10.2. The van der Waals surface area contributed by atoms with Crippen LogP contribution < -0.4 is 20.3 Å². The number of esters is 1. The predicted octanol–water partition coefficient (Wildman–Crippen LogP) is 1.49. The molecule has 2 amide bonds. The molecule has 2 heterocycles. The molecule has 134 valence electrons. The maximum atomic E-state index is 11.6. The third kappa shape index (κ3) is 4.61. The van der Waals surface area contributed by atoms with Crippen molar-refractivity contribution in [1.82, 2.24) is 10.9 Å². The van der Waals surface area contributed by atoms with Gasteiger partial charge in [-0.2, -0.15) is 0 Å². The number of fused-ring (bicyclic) bond motifs is 1. The van der Waals surface area contributed by atoms with Crippen LogP contribution in [-0.2, 0) is 14.3 Å². The molecule has 0 unspecified atom stereocenters. The third-order valence-electron chi connectivity index (χ3n) is 3.21. The van der Waals surface area contributed by atoms with Crippen LogP contribution in [0.3, 0.4) is 0 Å². The number of hydrogen-bond donors (Lipinski definition) is 2. The molecule has 1 aliphatic rings. The average molecular weight is 374 g/mol. The van der Waals surface area contributed by atoms with Gasteiger partial charge in [-0.15, -0.1) is 11.3 Å². The van der Waals surface area contributed by atoms with Crippen LogP contribution >= 0.6 is 11.3 Å².